The van der Waals surface area contributed by atoms with E-state index in [9.17, 15) is 0 Å². The Balaban J connectivity index is 2.09. The van der Waals surface area contributed by atoms with Gasteiger partial charge >= 0.3 is 0 Å². The van der Waals surface area contributed by atoms with Crippen LogP contribution < -0.4 is 5.32 Å². The third-order valence-electron chi connectivity index (χ3n) is 3.07. The van der Waals surface area contributed by atoms with Crippen molar-refractivity contribution in [1.82, 2.24) is 24.5 Å². The van der Waals surface area contributed by atoms with Gasteiger partial charge in [0.05, 0.1) is 22.6 Å². The van der Waals surface area contributed by atoms with Gasteiger partial charge in [-0.1, -0.05) is 25.4 Å². The highest BCUT2D eigenvalue weighted by Crippen LogP contribution is 2.22. The lowest BCUT2D eigenvalue weighted by atomic mass is 10.3. The van der Waals surface area contributed by atoms with Crippen LogP contribution in [-0.2, 0) is 6.54 Å². The predicted molar refractivity (Wildman–Crippen MR) is 81.9 cm³/mol. The van der Waals surface area contributed by atoms with Crippen molar-refractivity contribution in [2.45, 2.75) is 33.4 Å². The molecule has 0 atom stereocenters. The number of imidazole rings is 1. The van der Waals surface area contributed by atoms with Gasteiger partial charge in [0.2, 0.25) is 0 Å². The van der Waals surface area contributed by atoms with Gasteiger partial charge in [-0.15, -0.1) is 11.3 Å². The van der Waals surface area contributed by atoms with Crippen molar-refractivity contribution < 1.29 is 0 Å². The van der Waals surface area contributed by atoms with E-state index in [0.29, 0.717) is 11.1 Å². The molecule has 0 aliphatic heterocycles. The molecule has 0 fully saturated rings. The van der Waals surface area contributed by atoms with Gasteiger partial charge in [0.1, 0.15) is 0 Å². The molecule has 0 saturated carbocycles. The second-order valence-corrected chi connectivity index (χ2v) is 6.26. The summed E-state index contributed by atoms with van der Waals surface area (Å²) in [5.74, 6) is 0.833. The van der Waals surface area contributed by atoms with E-state index in [4.69, 9.17) is 11.6 Å². The monoisotopic (exact) mass is 309 g/mol. The zero-order valence-corrected chi connectivity index (χ0v) is 13.2. The molecular formula is C13H16ClN5S. The van der Waals surface area contributed by atoms with E-state index >= 15 is 0 Å². The van der Waals surface area contributed by atoms with Crippen LogP contribution in [0.3, 0.4) is 0 Å². The van der Waals surface area contributed by atoms with E-state index in [1.165, 1.54) is 0 Å². The summed E-state index contributed by atoms with van der Waals surface area (Å²) in [4.78, 5) is 5.62. The fourth-order valence-corrected chi connectivity index (χ4v) is 2.88. The van der Waals surface area contributed by atoms with Crippen molar-refractivity contribution in [3.63, 3.8) is 0 Å². The topological polar surface area (TPSA) is 47.2 Å². The van der Waals surface area contributed by atoms with E-state index in [1.807, 2.05) is 24.7 Å². The van der Waals surface area contributed by atoms with Gasteiger partial charge in [-0.3, -0.25) is 4.40 Å². The second kappa shape index (κ2) is 5.20. The first-order valence-corrected chi connectivity index (χ1v) is 7.72. The molecule has 0 amide bonds. The molecule has 20 heavy (non-hydrogen) atoms. The summed E-state index contributed by atoms with van der Waals surface area (Å²) in [5.41, 5.74) is 1.90. The average Bonchev–Trinajstić information content (AvgIpc) is 3.02. The molecule has 0 aromatic carbocycles. The van der Waals surface area contributed by atoms with Crippen molar-refractivity contribution in [3.8, 4) is 5.82 Å². The van der Waals surface area contributed by atoms with Crippen LogP contribution in [0.15, 0.2) is 17.8 Å². The molecule has 5 nitrogen and oxygen atoms in total. The zero-order chi connectivity index (χ0) is 14.3. The van der Waals surface area contributed by atoms with E-state index in [1.54, 1.807) is 16.0 Å². The summed E-state index contributed by atoms with van der Waals surface area (Å²) >= 11 is 7.71. The van der Waals surface area contributed by atoms with Crippen molar-refractivity contribution in [1.29, 1.82) is 0 Å². The van der Waals surface area contributed by atoms with Gasteiger partial charge in [0.15, 0.2) is 10.8 Å². The molecule has 0 spiro atoms. The summed E-state index contributed by atoms with van der Waals surface area (Å²) in [5, 5.41) is 10.6. The van der Waals surface area contributed by atoms with Crippen LogP contribution in [0.5, 0.6) is 0 Å². The Kier molecular flexibility index (Phi) is 3.54. The number of aromatic nitrogens is 4. The quantitative estimate of drug-likeness (QED) is 0.806. The van der Waals surface area contributed by atoms with Crippen LogP contribution >= 0.6 is 22.9 Å². The highest BCUT2D eigenvalue weighted by atomic mass is 35.5. The molecule has 3 heterocycles. The normalized spacial score (nSPS) is 11.8. The smallest absolute Gasteiger partial charge is 0.196 e. The van der Waals surface area contributed by atoms with Crippen LogP contribution in [0.1, 0.15) is 25.2 Å². The number of hydrogen-bond donors (Lipinski definition) is 1. The Morgan fingerprint density at radius 1 is 1.45 bits per heavy atom. The first-order chi connectivity index (χ1) is 9.56. The van der Waals surface area contributed by atoms with Gasteiger partial charge in [0, 0.05) is 24.2 Å². The Morgan fingerprint density at radius 2 is 2.25 bits per heavy atom. The van der Waals surface area contributed by atoms with E-state index in [0.717, 1.165) is 28.7 Å². The minimum atomic E-state index is 0.412. The highest BCUT2D eigenvalue weighted by molar-refractivity contribution is 7.15. The van der Waals surface area contributed by atoms with Crippen LogP contribution in [-0.4, -0.2) is 25.2 Å². The average molecular weight is 310 g/mol. The number of fused-ring (bicyclic) bond motifs is 1. The number of rotatable bonds is 4. The summed E-state index contributed by atoms with van der Waals surface area (Å²) in [6.07, 6.45) is 3.84. The lowest BCUT2D eigenvalue weighted by Crippen LogP contribution is -2.23. The maximum absolute atomic E-state index is 6.10. The van der Waals surface area contributed by atoms with Crippen LogP contribution in [0, 0.1) is 6.92 Å². The summed E-state index contributed by atoms with van der Waals surface area (Å²) in [6, 6.07) is 0.412. The number of aryl methyl sites for hydroxylation is 1. The second-order valence-electron chi connectivity index (χ2n) is 4.98. The molecule has 3 rings (SSSR count). The minimum absolute atomic E-state index is 0.412. The Labute approximate surface area is 126 Å². The number of nitrogens with one attached hydrogen (secondary N) is 1. The lowest BCUT2D eigenvalue weighted by molar-refractivity contribution is 0.576. The first-order valence-electron chi connectivity index (χ1n) is 6.46. The number of hydrogen-bond acceptors (Lipinski definition) is 4. The Morgan fingerprint density at radius 3 is 2.90 bits per heavy atom. The highest BCUT2D eigenvalue weighted by Gasteiger charge is 2.16. The molecule has 0 saturated heterocycles. The van der Waals surface area contributed by atoms with Gasteiger partial charge in [0.25, 0.3) is 0 Å². The fraction of sp³-hybridized carbons (Fsp3) is 0.385. The van der Waals surface area contributed by atoms with Crippen LogP contribution in [0.25, 0.3) is 10.8 Å². The summed E-state index contributed by atoms with van der Waals surface area (Å²) in [7, 11) is 0. The van der Waals surface area contributed by atoms with Crippen LogP contribution in [0.4, 0.5) is 0 Å². The third kappa shape index (κ3) is 2.34. The molecule has 0 unspecified atom stereocenters. The largest absolute Gasteiger partial charge is 0.309 e. The Hall–Kier alpha value is -1.37. The fourth-order valence-electron chi connectivity index (χ4n) is 2.02. The van der Waals surface area contributed by atoms with Gasteiger partial charge < -0.3 is 5.32 Å². The predicted octanol–water partition coefficient (Wildman–Crippen LogP) is 3.04. The zero-order valence-electron chi connectivity index (χ0n) is 11.6. The molecule has 3 aromatic heterocycles. The molecule has 7 heteroatoms. The van der Waals surface area contributed by atoms with Gasteiger partial charge in [-0.05, 0) is 6.92 Å². The third-order valence-corrected chi connectivity index (χ3v) is 4.20. The minimum Gasteiger partial charge on any atom is -0.309 e. The van der Waals surface area contributed by atoms with E-state index in [-0.39, 0.29) is 0 Å². The summed E-state index contributed by atoms with van der Waals surface area (Å²) < 4.78 is 3.86. The molecule has 106 valence electrons. The molecule has 3 aromatic rings. The molecule has 0 radical (unpaired) electrons. The van der Waals surface area contributed by atoms with Crippen LogP contribution in [0.2, 0.25) is 5.02 Å². The molecule has 1 N–H and O–H groups in total. The van der Waals surface area contributed by atoms with Crippen molar-refractivity contribution >= 4 is 27.9 Å². The maximum atomic E-state index is 6.10. The Bertz CT molecular complexity index is 720. The SMILES string of the molecule is Cc1nn(-c2nc3sccn3c2CNC(C)C)cc1Cl. The number of nitrogens with zero attached hydrogens (tertiary/aromatic N) is 4. The molecule has 0 aliphatic carbocycles. The van der Waals surface area contributed by atoms with E-state index < -0.39 is 0 Å². The maximum Gasteiger partial charge on any atom is 0.196 e. The first kappa shape index (κ1) is 13.6. The standard InChI is InChI=1S/C13H16ClN5S/c1-8(2)15-6-11-12(16-13-18(11)4-5-20-13)19-7-10(14)9(3)17-19/h4-5,7-8,15H,6H2,1-3H3. The van der Waals surface area contributed by atoms with Gasteiger partial charge in [-0.25, -0.2) is 4.68 Å². The molecule has 0 bridgehead atoms. The van der Waals surface area contributed by atoms with E-state index in [2.05, 4.69) is 33.6 Å². The number of halogens is 1. The van der Waals surface area contributed by atoms with Crippen molar-refractivity contribution in [2.24, 2.45) is 0 Å². The van der Waals surface area contributed by atoms with Crippen molar-refractivity contribution in [3.05, 3.63) is 34.2 Å². The molecule has 0 aliphatic rings. The summed E-state index contributed by atoms with van der Waals surface area (Å²) in [6.45, 7) is 6.88. The number of thiazole rings is 1. The van der Waals surface area contributed by atoms with Gasteiger partial charge in [-0.2, -0.15) is 10.1 Å². The van der Waals surface area contributed by atoms with Crippen molar-refractivity contribution in [2.75, 3.05) is 0 Å². The lowest BCUT2D eigenvalue weighted by Gasteiger charge is -2.09. The molecular weight excluding hydrogens is 294 g/mol.